The minimum absolute atomic E-state index is 0.312. The summed E-state index contributed by atoms with van der Waals surface area (Å²) in [4.78, 5) is 14.2. The Hall–Kier alpha value is -0.120. The lowest BCUT2D eigenvalue weighted by Gasteiger charge is -2.02. The van der Waals surface area contributed by atoms with Crippen LogP contribution >= 0.6 is 39.1 Å². The molecule has 0 fully saturated rings. The van der Waals surface area contributed by atoms with E-state index in [0.29, 0.717) is 21.6 Å². The molecule has 1 heterocycles. The van der Waals surface area contributed by atoms with Crippen LogP contribution in [0.15, 0.2) is 16.7 Å². The molecule has 1 unspecified atom stereocenters. The molecule has 1 aromatic rings. The molecule has 0 saturated heterocycles. The highest BCUT2D eigenvalue weighted by Crippen LogP contribution is 2.23. The van der Waals surface area contributed by atoms with Crippen LogP contribution in [0.4, 0.5) is 0 Å². The molecule has 0 spiro atoms. The third-order valence-electron chi connectivity index (χ3n) is 1.22. The topological polar surface area (TPSA) is 30.0 Å². The Bertz CT molecular complexity index is 285. The van der Waals surface area contributed by atoms with E-state index in [9.17, 15) is 4.79 Å². The van der Waals surface area contributed by atoms with Gasteiger partial charge in [0.25, 0.3) is 0 Å². The van der Waals surface area contributed by atoms with E-state index >= 15 is 0 Å². The molecule has 5 heteroatoms. The quantitative estimate of drug-likeness (QED) is 0.469. The molecule has 0 aliphatic heterocycles. The largest absolute Gasteiger partial charge is 0.301 e. The van der Waals surface area contributed by atoms with Crippen molar-refractivity contribution in [3.05, 3.63) is 27.5 Å². The van der Waals surface area contributed by atoms with E-state index < -0.39 is 5.38 Å². The number of aromatic nitrogens is 1. The Balaban J connectivity index is 3.08. The van der Waals surface area contributed by atoms with Crippen molar-refractivity contribution in [2.75, 3.05) is 0 Å². The number of hydrogen-bond donors (Lipinski definition) is 0. The molecule has 2 nitrogen and oxygen atoms in total. The Labute approximate surface area is 88.0 Å². The van der Waals surface area contributed by atoms with E-state index in [0.717, 1.165) is 0 Å². The first-order valence-electron chi connectivity index (χ1n) is 3.06. The Kier molecular flexibility index (Phi) is 3.50. The number of rotatable bonds is 2. The van der Waals surface area contributed by atoms with Crippen LogP contribution in [0.5, 0.6) is 0 Å². The van der Waals surface area contributed by atoms with Gasteiger partial charge < -0.3 is 4.79 Å². The van der Waals surface area contributed by atoms with Crippen LogP contribution in [0.1, 0.15) is 10.9 Å². The molecule has 0 bridgehead atoms. The number of carbonyl (C=O) groups excluding carboxylic acids is 1. The number of halogens is 3. The lowest BCUT2D eigenvalue weighted by atomic mass is 10.2. The summed E-state index contributed by atoms with van der Waals surface area (Å²) in [5.74, 6) is 0. The predicted molar refractivity (Wildman–Crippen MR) is 51.6 cm³/mol. The molecule has 0 radical (unpaired) electrons. The van der Waals surface area contributed by atoms with Crippen LogP contribution in [-0.4, -0.2) is 11.3 Å². The van der Waals surface area contributed by atoms with Gasteiger partial charge in [0, 0.05) is 0 Å². The van der Waals surface area contributed by atoms with Gasteiger partial charge in [0.15, 0.2) is 0 Å². The van der Waals surface area contributed by atoms with E-state index in [1.807, 2.05) is 0 Å². The van der Waals surface area contributed by atoms with E-state index in [1.165, 1.54) is 0 Å². The van der Waals surface area contributed by atoms with E-state index in [2.05, 4.69) is 20.9 Å². The lowest BCUT2D eigenvalue weighted by Crippen LogP contribution is -1.92. The number of carbonyl (C=O) groups is 1. The monoisotopic (exact) mass is 267 g/mol. The van der Waals surface area contributed by atoms with Gasteiger partial charge in [-0.05, 0) is 33.6 Å². The first-order chi connectivity index (χ1) is 5.63. The molecule has 0 aromatic carbocycles. The van der Waals surface area contributed by atoms with E-state index in [-0.39, 0.29) is 0 Å². The Morgan fingerprint density at radius 3 is 2.75 bits per heavy atom. The number of pyridine rings is 1. The van der Waals surface area contributed by atoms with E-state index in [1.54, 1.807) is 12.1 Å². The highest BCUT2D eigenvalue weighted by Gasteiger charge is 2.08. The van der Waals surface area contributed by atoms with Crippen molar-refractivity contribution >= 4 is 45.4 Å². The number of aldehydes is 1. The molecule has 1 rings (SSSR count). The van der Waals surface area contributed by atoms with Gasteiger partial charge in [0.2, 0.25) is 0 Å². The molecule has 0 N–H and O–H groups in total. The van der Waals surface area contributed by atoms with Crippen molar-refractivity contribution in [2.45, 2.75) is 5.38 Å². The van der Waals surface area contributed by atoms with Gasteiger partial charge in [-0.1, -0.05) is 11.6 Å². The van der Waals surface area contributed by atoms with Gasteiger partial charge in [-0.15, -0.1) is 11.6 Å². The Morgan fingerprint density at radius 1 is 1.58 bits per heavy atom. The average Bonchev–Trinajstić information content (AvgIpc) is 2.01. The second kappa shape index (κ2) is 4.21. The zero-order valence-corrected chi connectivity index (χ0v) is 8.90. The second-order valence-corrected chi connectivity index (χ2v) is 3.75. The van der Waals surface area contributed by atoms with Crippen molar-refractivity contribution in [3.63, 3.8) is 0 Å². The summed E-state index contributed by atoms with van der Waals surface area (Å²) in [5, 5.41) is -0.353. The lowest BCUT2D eigenvalue weighted by molar-refractivity contribution is -0.107. The molecular formula is C7H4BrCl2NO. The Morgan fingerprint density at radius 2 is 2.25 bits per heavy atom. The van der Waals surface area contributed by atoms with Gasteiger partial charge >= 0.3 is 0 Å². The molecular weight excluding hydrogens is 265 g/mol. The zero-order chi connectivity index (χ0) is 9.14. The molecule has 0 saturated carbocycles. The average molecular weight is 269 g/mol. The molecule has 0 amide bonds. The van der Waals surface area contributed by atoms with Crippen molar-refractivity contribution in [1.29, 1.82) is 0 Å². The number of hydrogen-bond acceptors (Lipinski definition) is 2. The highest BCUT2D eigenvalue weighted by atomic mass is 79.9. The molecule has 0 aliphatic rings. The fourth-order valence-electron chi connectivity index (χ4n) is 0.721. The summed E-state index contributed by atoms with van der Waals surface area (Å²) in [7, 11) is 0. The van der Waals surface area contributed by atoms with Gasteiger partial charge in [0.1, 0.15) is 21.4 Å². The van der Waals surface area contributed by atoms with Gasteiger partial charge in [-0.25, -0.2) is 4.98 Å². The van der Waals surface area contributed by atoms with Crippen LogP contribution < -0.4 is 0 Å². The number of alkyl halides is 1. The smallest absolute Gasteiger partial charge is 0.142 e. The van der Waals surface area contributed by atoms with Crippen LogP contribution in [0, 0.1) is 0 Å². The summed E-state index contributed by atoms with van der Waals surface area (Å²) in [6.45, 7) is 0. The normalized spacial score (nSPS) is 12.6. The van der Waals surface area contributed by atoms with Gasteiger partial charge in [-0.2, -0.15) is 0 Å². The summed E-state index contributed by atoms with van der Waals surface area (Å²) >= 11 is 14.4. The van der Waals surface area contributed by atoms with Crippen molar-refractivity contribution in [1.82, 2.24) is 4.98 Å². The van der Waals surface area contributed by atoms with Crippen LogP contribution in [-0.2, 0) is 4.79 Å². The SMILES string of the molecule is O=CC(Cl)c1cc(Cl)nc(Br)c1. The van der Waals surface area contributed by atoms with Crippen molar-refractivity contribution in [2.24, 2.45) is 0 Å². The van der Waals surface area contributed by atoms with Crippen molar-refractivity contribution in [3.8, 4) is 0 Å². The summed E-state index contributed by atoms with van der Waals surface area (Å²) < 4.78 is 0.567. The first-order valence-corrected chi connectivity index (χ1v) is 4.66. The zero-order valence-electron chi connectivity index (χ0n) is 5.80. The second-order valence-electron chi connectivity index (χ2n) is 2.08. The van der Waals surface area contributed by atoms with Crippen LogP contribution in [0.3, 0.4) is 0 Å². The maximum absolute atomic E-state index is 10.3. The maximum Gasteiger partial charge on any atom is 0.142 e. The summed E-state index contributed by atoms with van der Waals surface area (Å²) in [5.41, 5.74) is 0.638. The third-order valence-corrected chi connectivity index (χ3v) is 2.18. The summed E-state index contributed by atoms with van der Waals surface area (Å²) in [6.07, 6.45) is 0.639. The van der Waals surface area contributed by atoms with E-state index in [4.69, 9.17) is 23.2 Å². The van der Waals surface area contributed by atoms with Crippen molar-refractivity contribution < 1.29 is 4.79 Å². The molecule has 1 aromatic heterocycles. The standard InChI is InChI=1S/C7H4BrCl2NO/c8-6-1-4(5(9)3-12)2-7(10)11-6/h1-3,5H. The van der Waals surface area contributed by atoms with Crippen LogP contribution in [0.2, 0.25) is 5.15 Å². The van der Waals surface area contributed by atoms with Crippen LogP contribution in [0.25, 0.3) is 0 Å². The minimum Gasteiger partial charge on any atom is -0.301 e. The molecule has 1 atom stereocenters. The first kappa shape index (κ1) is 9.96. The highest BCUT2D eigenvalue weighted by molar-refractivity contribution is 9.10. The van der Waals surface area contributed by atoms with Gasteiger partial charge in [-0.3, -0.25) is 0 Å². The number of nitrogens with zero attached hydrogens (tertiary/aromatic N) is 1. The fraction of sp³-hybridized carbons (Fsp3) is 0.143. The summed E-state index contributed by atoms with van der Waals surface area (Å²) in [6, 6.07) is 3.20. The maximum atomic E-state index is 10.3. The third kappa shape index (κ3) is 2.44. The molecule has 12 heavy (non-hydrogen) atoms. The molecule has 64 valence electrons. The predicted octanol–water partition coefficient (Wildman–Crippen LogP) is 2.98. The minimum atomic E-state index is -0.665. The molecule has 0 aliphatic carbocycles. The fourth-order valence-corrected chi connectivity index (χ4v) is 1.62. The van der Waals surface area contributed by atoms with Gasteiger partial charge in [0.05, 0.1) is 0 Å².